The molecule has 0 radical (unpaired) electrons. The summed E-state index contributed by atoms with van der Waals surface area (Å²) in [6.45, 7) is 6.40. The van der Waals surface area contributed by atoms with Gasteiger partial charge in [0, 0.05) is 17.5 Å². The van der Waals surface area contributed by atoms with Gasteiger partial charge in [0.15, 0.2) is 0 Å². The molecule has 0 heterocycles. The molecule has 0 saturated carbocycles. The molecule has 1 aliphatic carbocycles. The molecule has 1 aliphatic rings. The van der Waals surface area contributed by atoms with E-state index in [1.165, 1.54) is 17.5 Å². The van der Waals surface area contributed by atoms with Gasteiger partial charge in [-0.25, -0.2) is 0 Å². The number of alkyl halides is 1. The van der Waals surface area contributed by atoms with E-state index in [1.54, 1.807) is 0 Å². The second-order valence-corrected chi connectivity index (χ2v) is 7.08. The van der Waals surface area contributed by atoms with Crippen LogP contribution in [0.15, 0.2) is 18.2 Å². The zero-order chi connectivity index (χ0) is 14.8. The summed E-state index contributed by atoms with van der Waals surface area (Å²) in [5, 5.41) is 3.14. The predicted molar refractivity (Wildman–Crippen MR) is 84.5 cm³/mol. The molecule has 1 aromatic rings. The molecule has 2 nitrogen and oxygen atoms in total. The number of amides is 1. The van der Waals surface area contributed by atoms with Gasteiger partial charge >= 0.3 is 0 Å². The maximum absolute atomic E-state index is 12.4. The van der Waals surface area contributed by atoms with Gasteiger partial charge in [-0.1, -0.05) is 26.8 Å². The average molecular weight is 294 g/mol. The first-order chi connectivity index (χ1) is 9.41. The lowest BCUT2D eigenvalue weighted by atomic mass is 9.85. The summed E-state index contributed by atoms with van der Waals surface area (Å²) >= 11 is 5.86. The quantitative estimate of drug-likeness (QED) is 0.837. The van der Waals surface area contributed by atoms with Crippen molar-refractivity contribution in [1.82, 2.24) is 5.32 Å². The fourth-order valence-corrected chi connectivity index (χ4v) is 3.00. The molecular formula is C17H24ClNO. The van der Waals surface area contributed by atoms with Crippen molar-refractivity contribution >= 4 is 17.5 Å². The van der Waals surface area contributed by atoms with Gasteiger partial charge in [0.1, 0.15) is 0 Å². The largest absolute Gasteiger partial charge is 0.349 e. The van der Waals surface area contributed by atoms with Crippen molar-refractivity contribution in [2.45, 2.75) is 52.5 Å². The van der Waals surface area contributed by atoms with E-state index in [9.17, 15) is 4.79 Å². The number of halogens is 1. The Morgan fingerprint density at radius 3 is 2.65 bits per heavy atom. The first-order valence-electron chi connectivity index (χ1n) is 7.40. The highest BCUT2D eigenvalue weighted by Crippen LogP contribution is 2.25. The van der Waals surface area contributed by atoms with Crippen LogP contribution in [0.3, 0.4) is 0 Å². The molecule has 1 unspecified atom stereocenters. The van der Waals surface area contributed by atoms with Gasteiger partial charge < -0.3 is 5.32 Å². The molecule has 0 saturated heterocycles. The minimum atomic E-state index is 0.0152. The summed E-state index contributed by atoms with van der Waals surface area (Å²) < 4.78 is 0. The van der Waals surface area contributed by atoms with Crippen LogP contribution in [0, 0.1) is 5.41 Å². The van der Waals surface area contributed by atoms with Crippen LogP contribution in [-0.2, 0) is 12.8 Å². The number of carbonyl (C=O) groups excluding carboxylic acids is 1. The molecule has 1 aromatic carbocycles. The standard InChI is InChI=1S/C17H24ClNO/c1-17(2,3)15(9-10-18)19-16(20)14-8-7-12-5-4-6-13(12)11-14/h7-8,11,15H,4-6,9-10H2,1-3H3,(H,19,20). The zero-order valence-electron chi connectivity index (χ0n) is 12.6. The maximum atomic E-state index is 12.4. The average Bonchev–Trinajstić information content (AvgIpc) is 2.84. The van der Waals surface area contributed by atoms with Crippen LogP contribution in [0.4, 0.5) is 0 Å². The van der Waals surface area contributed by atoms with Crippen LogP contribution in [0.5, 0.6) is 0 Å². The lowest BCUT2D eigenvalue weighted by Crippen LogP contribution is -2.44. The van der Waals surface area contributed by atoms with E-state index < -0.39 is 0 Å². The van der Waals surface area contributed by atoms with E-state index in [0.29, 0.717) is 5.88 Å². The molecule has 1 N–H and O–H groups in total. The molecule has 2 rings (SSSR count). The molecule has 0 aromatic heterocycles. The van der Waals surface area contributed by atoms with Gasteiger partial charge in [-0.3, -0.25) is 4.79 Å². The van der Waals surface area contributed by atoms with E-state index in [2.05, 4.69) is 38.2 Å². The van der Waals surface area contributed by atoms with Gasteiger partial charge in [-0.05, 0) is 54.4 Å². The Labute approximate surface area is 126 Å². The van der Waals surface area contributed by atoms with Crippen molar-refractivity contribution in [3.63, 3.8) is 0 Å². The normalized spacial score (nSPS) is 15.8. The number of hydrogen-bond donors (Lipinski definition) is 1. The molecule has 0 bridgehead atoms. The third-order valence-corrected chi connectivity index (χ3v) is 4.33. The summed E-state index contributed by atoms with van der Waals surface area (Å²) in [4.78, 5) is 12.4. The molecule has 0 fully saturated rings. The monoisotopic (exact) mass is 293 g/mol. The second-order valence-electron chi connectivity index (χ2n) is 6.71. The van der Waals surface area contributed by atoms with E-state index in [4.69, 9.17) is 11.6 Å². The third-order valence-electron chi connectivity index (χ3n) is 4.11. The summed E-state index contributed by atoms with van der Waals surface area (Å²) in [7, 11) is 0. The van der Waals surface area contributed by atoms with Crippen LogP contribution in [0.1, 0.15) is 55.1 Å². The third kappa shape index (κ3) is 3.54. The van der Waals surface area contributed by atoms with Gasteiger partial charge in [-0.2, -0.15) is 0 Å². The Bertz CT molecular complexity index is 490. The maximum Gasteiger partial charge on any atom is 0.251 e. The Morgan fingerprint density at radius 1 is 1.30 bits per heavy atom. The van der Waals surface area contributed by atoms with Crippen molar-refractivity contribution < 1.29 is 4.79 Å². The van der Waals surface area contributed by atoms with Gasteiger partial charge in [0.2, 0.25) is 0 Å². The number of fused-ring (bicyclic) bond motifs is 1. The van der Waals surface area contributed by atoms with Crippen molar-refractivity contribution in [2.24, 2.45) is 5.41 Å². The minimum Gasteiger partial charge on any atom is -0.349 e. The molecular weight excluding hydrogens is 270 g/mol. The Balaban J connectivity index is 2.11. The van der Waals surface area contributed by atoms with Crippen LogP contribution >= 0.6 is 11.6 Å². The summed E-state index contributed by atoms with van der Waals surface area (Å²) in [5.41, 5.74) is 3.52. The van der Waals surface area contributed by atoms with Gasteiger partial charge in [-0.15, -0.1) is 11.6 Å². The molecule has 0 spiro atoms. The van der Waals surface area contributed by atoms with E-state index in [0.717, 1.165) is 24.8 Å². The van der Waals surface area contributed by atoms with Crippen LogP contribution in [-0.4, -0.2) is 17.8 Å². The molecule has 20 heavy (non-hydrogen) atoms. The first kappa shape index (κ1) is 15.4. The lowest BCUT2D eigenvalue weighted by molar-refractivity contribution is 0.0900. The van der Waals surface area contributed by atoms with Crippen molar-refractivity contribution in [2.75, 3.05) is 5.88 Å². The number of carbonyl (C=O) groups is 1. The number of aryl methyl sites for hydroxylation is 2. The van der Waals surface area contributed by atoms with Crippen molar-refractivity contribution in [3.05, 3.63) is 34.9 Å². The lowest BCUT2D eigenvalue weighted by Gasteiger charge is -2.31. The van der Waals surface area contributed by atoms with Crippen LogP contribution < -0.4 is 5.32 Å². The zero-order valence-corrected chi connectivity index (χ0v) is 13.4. The molecule has 0 aliphatic heterocycles. The Kier molecular flexibility index (Phi) is 4.74. The SMILES string of the molecule is CC(C)(C)C(CCCl)NC(=O)c1ccc2c(c1)CCC2. The number of hydrogen-bond acceptors (Lipinski definition) is 1. The van der Waals surface area contributed by atoms with E-state index in [1.807, 2.05) is 6.07 Å². The highest BCUT2D eigenvalue weighted by Gasteiger charge is 2.26. The number of rotatable bonds is 4. The Hall–Kier alpha value is -1.02. The van der Waals surface area contributed by atoms with Gasteiger partial charge in [0.05, 0.1) is 0 Å². The smallest absolute Gasteiger partial charge is 0.251 e. The summed E-state index contributed by atoms with van der Waals surface area (Å²) in [5.74, 6) is 0.580. The van der Waals surface area contributed by atoms with Crippen molar-refractivity contribution in [3.8, 4) is 0 Å². The fraction of sp³-hybridized carbons (Fsp3) is 0.588. The summed E-state index contributed by atoms with van der Waals surface area (Å²) in [6, 6.07) is 6.20. The first-order valence-corrected chi connectivity index (χ1v) is 7.94. The van der Waals surface area contributed by atoms with Crippen molar-refractivity contribution in [1.29, 1.82) is 0 Å². The number of nitrogens with one attached hydrogen (secondary N) is 1. The topological polar surface area (TPSA) is 29.1 Å². The highest BCUT2D eigenvalue weighted by molar-refractivity contribution is 6.17. The van der Waals surface area contributed by atoms with E-state index in [-0.39, 0.29) is 17.4 Å². The molecule has 110 valence electrons. The number of benzene rings is 1. The molecule has 1 amide bonds. The van der Waals surface area contributed by atoms with Crippen LogP contribution in [0.25, 0.3) is 0 Å². The van der Waals surface area contributed by atoms with Crippen LogP contribution in [0.2, 0.25) is 0 Å². The Morgan fingerprint density at radius 2 is 2.00 bits per heavy atom. The second kappa shape index (κ2) is 6.17. The van der Waals surface area contributed by atoms with E-state index >= 15 is 0 Å². The predicted octanol–water partition coefficient (Wildman–Crippen LogP) is 3.95. The van der Waals surface area contributed by atoms with Gasteiger partial charge in [0.25, 0.3) is 5.91 Å². The summed E-state index contributed by atoms with van der Waals surface area (Å²) in [6.07, 6.45) is 4.24. The molecule has 3 heteroatoms. The highest BCUT2D eigenvalue weighted by atomic mass is 35.5. The molecule has 1 atom stereocenters. The fourth-order valence-electron chi connectivity index (χ4n) is 2.79. The minimum absolute atomic E-state index is 0.0152.